The number of carbonyl (C=O) groups is 1. The normalized spacial score (nSPS) is 10.8. The first-order chi connectivity index (χ1) is 8.11. The quantitative estimate of drug-likeness (QED) is 0.811. The molecule has 1 aromatic carbocycles. The van der Waals surface area contributed by atoms with Gasteiger partial charge in [-0.15, -0.1) is 0 Å². The second kappa shape index (κ2) is 4.62. The zero-order valence-corrected chi connectivity index (χ0v) is 9.96. The average molecular weight is 231 g/mol. The Bertz CT molecular complexity index is 578. The lowest BCUT2D eigenvalue weighted by atomic mass is 10.0. The van der Waals surface area contributed by atoms with E-state index in [0.717, 1.165) is 16.6 Å². The summed E-state index contributed by atoms with van der Waals surface area (Å²) in [4.78, 5) is 15.7. The van der Waals surface area contributed by atoms with Crippen LogP contribution in [0, 0.1) is 12.7 Å². The van der Waals surface area contributed by atoms with E-state index in [-0.39, 0.29) is 11.6 Å². The number of rotatable bonds is 3. The van der Waals surface area contributed by atoms with Gasteiger partial charge in [0, 0.05) is 23.9 Å². The molecule has 1 aromatic heterocycles. The van der Waals surface area contributed by atoms with Crippen LogP contribution in [0.1, 0.15) is 24.6 Å². The van der Waals surface area contributed by atoms with Gasteiger partial charge in [0.05, 0.1) is 0 Å². The fourth-order valence-corrected chi connectivity index (χ4v) is 1.91. The summed E-state index contributed by atoms with van der Waals surface area (Å²) >= 11 is 0. The molecule has 0 atom stereocenters. The molecular weight excluding hydrogens is 217 g/mol. The highest BCUT2D eigenvalue weighted by Gasteiger charge is 2.10. The molecule has 0 aliphatic heterocycles. The molecule has 1 heterocycles. The molecule has 0 bridgehead atoms. The van der Waals surface area contributed by atoms with E-state index in [9.17, 15) is 9.18 Å². The van der Waals surface area contributed by atoms with E-state index in [1.807, 2.05) is 26.0 Å². The van der Waals surface area contributed by atoms with Crippen molar-refractivity contribution < 1.29 is 9.18 Å². The fourth-order valence-electron chi connectivity index (χ4n) is 1.91. The first-order valence-corrected chi connectivity index (χ1v) is 5.68. The molecule has 0 fully saturated rings. The highest BCUT2D eigenvalue weighted by Crippen LogP contribution is 2.21. The first-order valence-electron chi connectivity index (χ1n) is 5.68. The topological polar surface area (TPSA) is 30.0 Å². The Morgan fingerprint density at radius 1 is 1.41 bits per heavy atom. The smallest absolute Gasteiger partial charge is 0.149 e. The minimum Gasteiger partial charge on any atom is -0.299 e. The predicted octanol–water partition coefficient (Wildman–Crippen LogP) is 3.20. The number of Topliss-reactive ketones (excluding diaryl/α,β-unsaturated/α-hetero) is 1. The number of hydrogen-bond acceptors (Lipinski definition) is 2. The maximum absolute atomic E-state index is 13.6. The summed E-state index contributed by atoms with van der Waals surface area (Å²) in [6.45, 7) is 3.64. The number of aryl methyl sites for hydroxylation is 1. The van der Waals surface area contributed by atoms with E-state index in [1.165, 1.54) is 6.07 Å². The number of para-hydroxylation sites is 1. The summed E-state index contributed by atoms with van der Waals surface area (Å²) in [5.74, 6) is -0.183. The van der Waals surface area contributed by atoms with Crippen LogP contribution in [0.2, 0.25) is 0 Å². The summed E-state index contributed by atoms with van der Waals surface area (Å²) in [6.07, 6.45) is 0.845. The monoisotopic (exact) mass is 231 g/mol. The lowest BCUT2D eigenvalue weighted by Crippen LogP contribution is -2.03. The van der Waals surface area contributed by atoms with Gasteiger partial charge in [-0.2, -0.15) is 0 Å². The molecule has 2 nitrogen and oxygen atoms in total. The molecule has 0 aliphatic rings. The van der Waals surface area contributed by atoms with E-state index in [4.69, 9.17) is 0 Å². The summed E-state index contributed by atoms with van der Waals surface area (Å²) in [7, 11) is 0. The van der Waals surface area contributed by atoms with E-state index in [0.29, 0.717) is 18.4 Å². The Balaban J connectivity index is 2.62. The van der Waals surface area contributed by atoms with Gasteiger partial charge in [0.25, 0.3) is 0 Å². The van der Waals surface area contributed by atoms with E-state index in [1.54, 1.807) is 6.07 Å². The van der Waals surface area contributed by atoms with Gasteiger partial charge in [0.2, 0.25) is 0 Å². The zero-order valence-electron chi connectivity index (χ0n) is 9.96. The summed E-state index contributed by atoms with van der Waals surface area (Å²) < 4.78 is 13.6. The Labute approximate surface area is 99.5 Å². The van der Waals surface area contributed by atoms with Crippen molar-refractivity contribution in [3.8, 4) is 0 Å². The van der Waals surface area contributed by atoms with Gasteiger partial charge < -0.3 is 0 Å². The van der Waals surface area contributed by atoms with Crippen LogP contribution in [0.5, 0.6) is 0 Å². The summed E-state index contributed by atoms with van der Waals surface area (Å²) in [5.41, 5.74) is 1.95. The minimum atomic E-state index is -0.337. The third-order valence-corrected chi connectivity index (χ3v) is 2.79. The number of nitrogens with zero attached hydrogens (tertiary/aromatic N) is 1. The van der Waals surface area contributed by atoms with Crippen molar-refractivity contribution in [2.24, 2.45) is 0 Å². The second-order valence-electron chi connectivity index (χ2n) is 4.13. The largest absolute Gasteiger partial charge is 0.299 e. The van der Waals surface area contributed by atoms with E-state index < -0.39 is 0 Å². The van der Waals surface area contributed by atoms with Crippen LogP contribution < -0.4 is 0 Å². The van der Waals surface area contributed by atoms with Crippen molar-refractivity contribution in [1.82, 2.24) is 4.98 Å². The molecule has 0 aliphatic carbocycles. The van der Waals surface area contributed by atoms with Crippen LogP contribution >= 0.6 is 0 Å². The lowest BCUT2D eigenvalue weighted by molar-refractivity contribution is -0.118. The number of fused-ring (bicyclic) bond motifs is 1. The molecule has 2 aromatic rings. The van der Waals surface area contributed by atoms with Gasteiger partial charge in [0.15, 0.2) is 0 Å². The summed E-state index contributed by atoms with van der Waals surface area (Å²) in [5, 5.41) is 0.734. The maximum atomic E-state index is 13.6. The van der Waals surface area contributed by atoms with Crippen LogP contribution in [0.4, 0.5) is 4.39 Å². The molecule has 0 saturated carbocycles. The van der Waals surface area contributed by atoms with Gasteiger partial charge in [-0.3, -0.25) is 9.78 Å². The molecule has 0 saturated heterocycles. The molecule has 0 radical (unpaired) electrons. The number of ketones is 1. The molecule has 0 spiro atoms. The predicted molar refractivity (Wildman–Crippen MR) is 65.4 cm³/mol. The van der Waals surface area contributed by atoms with Crippen molar-refractivity contribution >= 4 is 16.7 Å². The zero-order chi connectivity index (χ0) is 12.4. The molecule has 17 heavy (non-hydrogen) atoms. The van der Waals surface area contributed by atoms with Crippen LogP contribution in [0.25, 0.3) is 10.9 Å². The molecule has 0 N–H and O–H groups in total. The lowest BCUT2D eigenvalue weighted by Gasteiger charge is -2.07. The van der Waals surface area contributed by atoms with Crippen LogP contribution in [0.15, 0.2) is 24.3 Å². The van der Waals surface area contributed by atoms with Gasteiger partial charge in [-0.05, 0) is 24.6 Å². The van der Waals surface area contributed by atoms with E-state index in [2.05, 4.69) is 4.98 Å². The van der Waals surface area contributed by atoms with Gasteiger partial charge in [-0.25, -0.2) is 4.39 Å². The number of halogens is 1. The van der Waals surface area contributed by atoms with Gasteiger partial charge in [0.1, 0.15) is 17.1 Å². The Morgan fingerprint density at radius 3 is 2.88 bits per heavy atom. The number of hydrogen-bond donors (Lipinski definition) is 0. The number of benzene rings is 1. The molecule has 2 rings (SSSR count). The third kappa shape index (κ3) is 2.33. The maximum Gasteiger partial charge on any atom is 0.149 e. The van der Waals surface area contributed by atoms with Crippen molar-refractivity contribution in [1.29, 1.82) is 0 Å². The first kappa shape index (κ1) is 11.7. The molecule has 0 unspecified atom stereocenters. The van der Waals surface area contributed by atoms with Crippen molar-refractivity contribution in [3.05, 3.63) is 41.3 Å². The van der Waals surface area contributed by atoms with Crippen molar-refractivity contribution in [3.63, 3.8) is 0 Å². The standard InChI is InChI=1S/C14H14FNO/c1-3-11(17)8-10-7-9(2)16-14-12(10)5-4-6-13(14)15/h4-7H,3,8H2,1-2H3. The third-order valence-electron chi connectivity index (χ3n) is 2.79. The molecule has 3 heteroatoms. The highest BCUT2D eigenvalue weighted by atomic mass is 19.1. The Hall–Kier alpha value is -1.77. The SMILES string of the molecule is CCC(=O)Cc1cc(C)nc2c(F)cccc12. The van der Waals surface area contributed by atoms with Gasteiger partial charge in [-0.1, -0.05) is 19.1 Å². The molecule has 0 amide bonds. The van der Waals surface area contributed by atoms with Gasteiger partial charge >= 0.3 is 0 Å². The number of aromatic nitrogens is 1. The number of carbonyl (C=O) groups excluding carboxylic acids is 1. The fraction of sp³-hybridized carbons (Fsp3) is 0.286. The molecule has 88 valence electrons. The Kier molecular flexibility index (Phi) is 3.18. The Morgan fingerprint density at radius 2 is 2.18 bits per heavy atom. The van der Waals surface area contributed by atoms with Crippen LogP contribution in [0.3, 0.4) is 0 Å². The van der Waals surface area contributed by atoms with E-state index >= 15 is 0 Å². The average Bonchev–Trinajstić information content (AvgIpc) is 2.30. The second-order valence-corrected chi connectivity index (χ2v) is 4.13. The van der Waals surface area contributed by atoms with Crippen LogP contribution in [-0.2, 0) is 11.2 Å². The number of pyridine rings is 1. The molecular formula is C14H14FNO. The highest BCUT2D eigenvalue weighted by molar-refractivity contribution is 5.89. The van der Waals surface area contributed by atoms with Crippen molar-refractivity contribution in [2.45, 2.75) is 26.7 Å². The summed E-state index contributed by atoms with van der Waals surface area (Å²) in [6, 6.07) is 6.70. The van der Waals surface area contributed by atoms with Crippen LogP contribution in [-0.4, -0.2) is 10.8 Å². The van der Waals surface area contributed by atoms with Crippen molar-refractivity contribution in [2.75, 3.05) is 0 Å². The minimum absolute atomic E-state index is 0.154.